The molecule has 102 valence electrons. The predicted octanol–water partition coefficient (Wildman–Crippen LogP) is 1.86. The summed E-state index contributed by atoms with van der Waals surface area (Å²) in [5, 5.41) is 12.8. The molecule has 1 heterocycles. The summed E-state index contributed by atoms with van der Waals surface area (Å²) in [4.78, 5) is 2.56. The van der Waals surface area contributed by atoms with E-state index in [1.807, 2.05) is 0 Å². The molecule has 0 aromatic carbocycles. The number of rotatable bonds is 5. The smallest absolute Gasteiger partial charge is 0.0468 e. The molecular weight excluding hydrogens is 212 g/mol. The molecule has 0 saturated carbocycles. The Bertz CT molecular complexity index is 213. The second-order valence-electron chi connectivity index (χ2n) is 6.56. The van der Waals surface area contributed by atoms with Gasteiger partial charge in [-0.1, -0.05) is 13.3 Å². The number of hydrogen-bond acceptors (Lipinski definition) is 3. The van der Waals surface area contributed by atoms with Crippen LogP contribution >= 0.6 is 0 Å². The Morgan fingerprint density at radius 1 is 1.35 bits per heavy atom. The van der Waals surface area contributed by atoms with E-state index in [0.29, 0.717) is 18.6 Å². The Labute approximate surface area is 107 Å². The molecule has 2 N–H and O–H groups in total. The third-order valence-electron chi connectivity index (χ3n) is 3.47. The molecule has 3 heteroatoms. The van der Waals surface area contributed by atoms with Crippen LogP contribution in [0.1, 0.15) is 47.0 Å². The van der Waals surface area contributed by atoms with Gasteiger partial charge in [0.2, 0.25) is 0 Å². The maximum Gasteiger partial charge on any atom is 0.0468 e. The molecule has 0 radical (unpaired) electrons. The first-order chi connectivity index (χ1) is 7.92. The number of aliphatic hydroxyl groups is 1. The zero-order valence-corrected chi connectivity index (χ0v) is 12.0. The van der Waals surface area contributed by atoms with Crippen molar-refractivity contribution in [1.29, 1.82) is 0 Å². The van der Waals surface area contributed by atoms with Gasteiger partial charge in [0.05, 0.1) is 0 Å². The molecule has 0 aromatic heterocycles. The predicted molar refractivity (Wildman–Crippen MR) is 73.2 cm³/mol. The van der Waals surface area contributed by atoms with Crippen LogP contribution in [0.2, 0.25) is 0 Å². The van der Waals surface area contributed by atoms with Gasteiger partial charge in [-0.05, 0) is 46.1 Å². The molecule has 0 spiro atoms. The first kappa shape index (κ1) is 14.9. The lowest BCUT2D eigenvalue weighted by atomic mass is 9.99. The van der Waals surface area contributed by atoms with Crippen LogP contribution < -0.4 is 5.32 Å². The summed E-state index contributed by atoms with van der Waals surface area (Å²) in [5.41, 5.74) is 0.200. The average Bonchev–Trinajstić information content (AvgIpc) is 2.26. The van der Waals surface area contributed by atoms with E-state index in [-0.39, 0.29) is 5.54 Å². The highest BCUT2D eigenvalue weighted by molar-refractivity contribution is 4.82. The molecule has 0 aromatic rings. The maximum atomic E-state index is 9.17. The second-order valence-corrected chi connectivity index (χ2v) is 6.56. The van der Waals surface area contributed by atoms with Crippen LogP contribution in [0.25, 0.3) is 0 Å². The molecule has 3 nitrogen and oxygen atoms in total. The highest BCUT2D eigenvalue weighted by Gasteiger charge is 2.24. The van der Waals surface area contributed by atoms with Gasteiger partial charge in [0.15, 0.2) is 0 Å². The van der Waals surface area contributed by atoms with Gasteiger partial charge in [-0.2, -0.15) is 0 Å². The van der Waals surface area contributed by atoms with Crippen LogP contribution in [-0.2, 0) is 0 Å². The molecule has 1 rings (SSSR count). The maximum absolute atomic E-state index is 9.17. The summed E-state index contributed by atoms with van der Waals surface area (Å²) in [6, 6.07) is 0.650. The van der Waals surface area contributed by atoms with Crippen molar-refractivity contribution in [3.05, 3.63) is 0 Å². The van der Waals surface area contributed by atoms with Crippen LogP contribution in [0, 0.1) is 5.92 Å². The van der Waals surface area contributed by atoms with Crippen LogP contribution in [0.15, 0.2) is 0 Å². The van der Waals surface area contributed by atoms with E-state index in [0.717, 1.165) is 13.1 Å². The molecule has 2 atom stereocenters. The summed E-state index contributed by atoms with van der Waals surface area (Å²) >= 11 is 0. The Morgan fingerprint density at radius 2 is 2.06 bits per heavy atom. The molecule has 17 heavy (non-hydrogen) atoms. The van der Waals surface area contributed by atoms with Crippen molar-refractivity contribution >= 4 is 0 Å². The van der Waals surface area contributed by atoms with Gasteiger partial charge in [0.25, 0.3) is 0 Å². The van der Waals surface area contributed by atoms with Gasteiger partial charge in [0.1, 0.15) is 0 Å². The van der Waals surface area contributed by atoms with Gasteiger partial charge in [-0.15, -0.1) is 0 Å². The van der Waals surface area contributed by atoms with Gasteiger partial charge in [-0.25, -0.2) is 0 Å². The number of likely N-dealkylation sites (tertiary alicyclic amines) is 1. The molecule has 1 saturated heterocycles. The highest BCUT2D eigenvalue weighted by Crippen LogP contribution is 2.18. The van der Waals surface area contributed by atoms with Crippen LogP contribution in [0.5, 0.6) is 0 Å². The summed E-state index contributed by atoms with van der Waals surface area (Å²) in [7, 11) is 0. The SMILES string of the molecule is CC(CO)CN1CCCCC1CNC(C)(C)C. The fourth-order valence-corrected chi connectivity index (χ4v) is 2.41. The summed E-state index contributed by atoms with van der Waals surface area (Å²) in [6.45, 7) is 12.4. The molecular formula is C14H30N2O. The molecule has 1 aliphatic heterocycles. The van der Waals surface area contributed by atoms with Gasteiger partial charge in [0, 0.05) is 31.3 Å². The Morgan fingerprint density at radius 3 is 2.65 bits per heavy atom. The van der Waals surface area contributed by atoms with Crippen LogP contribution in [0.3, 0.4) is 0 Å². The van der Waals surface area contributed by atoms with Crippen molar-refractivity contribution in [3.63, 3.8) is 0 Å². The monoisotopic (exact) mass is 242 g/mol. The number of piperidine rings is 1. The average molecular weight is 242 g/mol. The number of nitrogens with one attached hydrogen (secondary N) is 1. The van der Waals surface area contributed by atoms with Gasteiger partial charge >= 0.3 is 0 Å². The van der Waals surface area contributed by atoms with E-state index < -0.39 is 0 Å². The molecule has 1 fully saturated rings. The number of hydrogen-bond donors (Lipinski definition) is 2. The zero-order chi connectivity index (χ0) is 12.9. The molecule has 0 amide bonds. The first-order valence-corrected chi connectivity index (χ1v) is 7.02. The minimum Gasteiger partial charge on any atom is -0.396 e. The summed E-state index contributed by atoms with van der Waals surface area (Å²) in [5.74, 6) is 0.394. The minimum absolute atomic E-state index is 0.200. The van der Waals surface area contributed by atoms with Crippen LogP contribution in [-0.4, -0.2) is 47.8 Å². The topological polar surface area (TPSA) is 35.5 Å². The molecule has 0 aliphatic carbocycles. The minimum atomic E-state index is 0.200. The van der Waals surface area contributed by atoms with Crippen molar-refractivity contribution in [2.45, 2.75) is 58.5 Å². The lowest BCUT2D eigenvalue weighted by molar-refractivity contribution is 0.102. The molecule has 2 unspecified atom stereocenters. The van der Waals surface area contributed by atoms with Gasteiger partial charge in [-0.3, -0.25) is 4.90 Å². The zero-order valence-electron chi connectivity index (χ0n) is 12.0. The summed E-state index contributed by atoms with van der Waals surface area (Å²) < 4.78 is 0. The van der Waals surface area contributed by atoms with Crippen molar-refractivity contribution in [2.24, 2.45) is 5.92 Å². The normalized spacial score (nSPS) is 24.9. The second kappa shape index (κ2) is 6.72. The third kappa shape index (κ3) is 5.84. The standard InChI is InChI=1S/C14H30N2O/c1-12(11-17)10-16-8-6-5-7-13(16)9-15-14(2,3)4/h12-13,15,17H,5-11H2,1-4H3. The van der Waals surface area contributed by atoms with E-state index in [4.69, 9.17) is 5.11 Å². The van der Waals surface area contributed by atoms with Crippen LogP contribution in [0.4, 0.5) is 0 Å². The van der Waals surface area contributed by atoms with Gasteiger partial charge < -0.3 is 10.4 Å². The van der Waals surface area contributed by atoms with Crippen molar-refractivity contribution in [3.8, 4) is 0 Å². The number of aliphatic hydroxyl groups excluding tert-OH is 1. The molecule has 1 aliphatic rings. The largest absolute Gasteiger partial charge is 0.396 e. The highest BCUT2D eigenvalue weighted by atomic mass is 16.3. The lowest BCUT2D eigenvalue weighted by Crippen LogP contribution is -2.50. The molecule has 0 bridgehead atoms. The van der Waals surface area contributed by atoms with Crippen molar-refractivity contribution < 1.29 is 5.11 Å². The fraction of sp³-hybridized carbons (Fsp3) is 1.00. The first-order valence-electron chi connectivity index (χ1n) is 7.02. The van der Waals surface area contributed by atoms with E-state index in [2.05, 4.69) is 37.9 Å². The van der Waals surface area contributed by atoms with E-state index in [1.165, 1.54) is 25.8 Å². The number of nitrogens with zero attached hydrogens (tertiary/aromatic N) is 1. The summed E-state index contributed by atoms with van der Waals surface area (Å²) in [6.07, 6.45) is 3.95. The Balaban J connectivity index is 2.42. The fourth-order valence-electron chi connectivity index (χ4n) is 2.41. The Kier molecular flexibility index (Phi) is 5.90. The van der Waals surface area contributed by atoms with Crippen molar-refractivity contribution in [2.75, 3.05) is 26.2 Å². The van der Waals surface area contributed by atoms with E-state index >= 15 is 0 Å². The third-order valence-corrected chi connectivity index (χ3v) is 3.47. The van der Waals surface area contributed by atoms with E-state index in [9.17, 15) is 0 Å². The Hall–Kier alpha value is -0.120. The quantitative estimate of drug-likeness (QED) is 0.772. The van der Waals surface area contributed by atoms with Crippen molar-refractivity contribution in [1.82, 2.24) is 10.2 Å². The lowest BCUT2D eigenvalue weighted by Gasteiger charge is -2.38. The van der Waals surface area contributed by atoms with E-state index in [1.54, 1.807) is 0 Å².